The lowest BCUT2D eigenvalue weighted by molar-refractivity contribution is 0.118. The minimum atomic E-state index is -0.613. The molecule has 6 heteroatoms. The van der Waals surface area contributed by atoms with Crippen molar-refractivity contribution in [2.75, 3.05) is 20.2 Å². The Bertz CT molecular complexity index is 455. The summed E-state index contributed by atoms with van der Waals surface area (Å²) >= 11 is 0. The molecule has 0 bridgehead atoms. The molecule has 4 nitrogen and oxygen atoms in total. The molecule has 2 N–H and O–H groups in total. The quantitative estimate of drug-likeness (QED) is 0.843. The molecule has 0 saturated heterocycles. The van der Waals surface area contributed by atoms with Gasteiger partial charge in [-0.2, -0.15) is 0 Å². The van der Waals surface area contributed by atoms with Gasteiger partial charge in [0.05, 0.1) is 6.10 Å². The third kappa shape index (κ3) is 5.13. The van der Waals surface area contributed by atoms with Crippen LogP contribution >= 0.6 is 0 Å². The van der Waals surface area contributed by atoms with Gasteiger partial charge in [0.15, 0.2) is 0 Å². The van der Waals surface area contributed by atoms with Crippen molar-refractivity contribution in [1.29, 1.82) is 0 Å². The number of ether oxygens (including phenoxy) is 1. The van der Waals surface area contributed by atoms with Crippen LogP contribution in [0.2, 0.25) is 0 Å². The smallest absolute Gasteiger partial charge is 0.314 e. The Balaban J connectivity index is 2.42. The van der Waals surface area contributed by atoms with E-state index in [4.69, 9.17) is 4.74 Å². The minimum absolute atomic E-state index is 0.0762. The zero-order valence-electron chi connectivity index (χ0n) is 11.9. The molecule has 0 radical (unpaired) electrons. The number of halogens is 2. The van der Waals surface area contributed by atoms with Gasteiger partial charge in [0.1, 0.15) is 11.6 Å². The summed E-state index contributed by atoms with van der Waals surface area (Å²) in [6.07, 6.45) is -0.0762. The molecule has 0 aliphatic rings. The van der Waals surface area contributed by atoms with Crippen molar-refractivity contribution in [1.82, 2.24) is 10.6 Å². The van der Waals surface area contributed by atoms with E-state index in [9.17, 15) is 13.6 Å². The topological polar surface area (TPSA) is 50.4 Å². The van der Waals surface area contributed by atoms with Crippen LogP contribution in [-0.4, -0.2) is 32.3 Å². The van der Waals surface area contributed by atoms with Crippen LogP contribution in [0.5, 0.6) is 0 Å². The predicted octanol–water partition coefficient (Wildman–Crippen LogP) is 2.40. The average Bonchev–Trinajstić information content (AvgIpc) is 2.42. The standard InChI is InChI=1S/C14H20F2N2O2/c1-9(12-5-4-11(15)6-13(12)16)7-17-14(19)18-8-10(2)20-3/h4-6,9-10H,7-8H2,1-3H3,(H2,17,18,19). The van der Waals surface area contributed by atoms with Gasteiger partial charge in [0, 0.05) is 32.2 Å². The fourth-order valence-electron chi connectivity index (χ4n) is 1.64. The van der Waals surface area contributed by atoms with E-state index in [1.54, 1.807) is 14.0 Å². The Morgan fingerprint density at radius 3 is 2.50 bits per heavy atom. The van der Waals surface area contributed by atoms with E-state index < -0.39 is 11.6 Å². The number of benzene rings is 1. The van der Waals surface area contributed by atoms with Crippen molar-refractivity contribution >= 4 is 6.03 Å². The first-order valence-corrected chi connectivity index (χ1v) is 6.43. The van der Waals surface area contributed by atoms with E-state index >= 15 is 0 Å². The average molecular weight is 286 g/mol. The van der Waals surface area contributed by atoms with Crippen LogP contribution in [0.1, 0.15) is 25.3 Å². The van der Waals surface area contributed by atoms with E-state index in [2.05, 4.69) is 10.6 Å². The van der Waals surface area contributed by atoms with Crippen LogP contribution in [0.25, 0.3) is 0 Å². The van der Waals surface area contributed by atoms with Gasteiger partial charge < -0.3 is 15.4 Å². The number of nitrogens with one attached hydrogen (secondary N) is 2. The Labute approximate surface area is 117 Å². The van der Waals surface area contributed by atoms with Crippen LogP contribution < -0.4 is 10.6 Å². The summed E-state index contributed by atoms with van der Waals surface area (Å²) in [5, 5.41) is 5.27. The molecule has 2 unspecified atom stereocenters. The second-order valence-electron chi connectivity index (χ2n) is 4.70. The maximum absolute atomic E-state index is 13.5. The molecular weight excluding hydrogens is 266 g/mol. The highest BCUT2D eigenvalue weighted by Crippen LogP contribution is 2.18. The fourth-order valence-corrected chi connectivity index (χ4v) is 1.64. The molecular formula is C14H20F2N2O2. The Morgan fingerprint density at radius 1 is 1.25 bits per heavy atom. The van der Waals surface area contributed by atoms with Crippen LogP contribution in [0.4, 0.5) is 13.6 Å². The first kappa shape index (κ1) is 16.4. The molecule has 1 rings (SSSR count). The molecule has 0 fully saturated rings. The molecule has 2 amide bonds. The molecule has 0 heterocycles. The van der Waals surface area contributed by atoms with Gasteiger partial charge in [0.25, 0.3) is 0 Å². The van der Waals surface area contributed by atoms with Crippen LogP contribution in [0, 0.1) is 11.6 Å². The summed E-state index contributed by atoms with van der Waals surface area (Å²) in [4.78, 5) is 11.5. The number of methoxy groups -OCH3 is 1. The number of carbonyl (C=O) groups is 1. The summed E-state index contributed by atoms with van der Waals surface area (Å²) in [7, 11) is 1.56. The Kier molecular flexibility index (Phi) is 6.38. The molecule has 0 aliphatic heterocycles. The lowest BCUT2D eigenvalue weighted by Gasteiger charge is -2.15. The van der Waals surface area contributed by atoms with Crippen molar-refractivity contribution in [3.63, 3.8) is 0 Å². The van der Waals surface area contributed by atoms with Crippen molar-refractivity contribution < 1.29 is 18.3 Å². The maximum atomic E-state index is 13.5. The van der Waals surface area contributed by atoms with Crippen LogP contribution in [0.15, 0.2) is 18.2 Å². The summed E-state index contributed by atoms with van der Waals surface area (Å²) in [5.41, 5.74) is 0.372. The molecule has 0 spiro atoms. The number of hydrogen-bond donors (Lipinski definition) is 2. The van der Waals surface area contributed by atoms with E-state index in [0.717, 1.165) is 6.07 Å². The van der Waals surface area contributed by atoms with Crippen molar-refractivity contribution in [2.24, 2.45) is 0 Å². The van der Waals surface area contributed by atoms with Gasteiger partial charge >= 0.3 is 6.03 Å². The van der Waals surface area contributed by atoms with Gasteiger partial charge in [0.2, 0.25) is 0 Å². The lowest BCUT2D eigenvalue weighted by atomic mass is 10.0. The number of urea groups is 1. The predicted molar refractivity (Wildman–Crippen MR) is 72.6 cm³/mol. The number of amides is 2. The zero-order valence-corrected chi connectivity index (χ0v) is 11.9. The summed E-state index contributed by atoms with van der Waals surface area (Å²) in [6, 6.07) is 3.09. The number of hydrogen-bond acceptors (Lipinski definition) is 2. The molecule has 112 valence electrons. The molecule has 20 heavy (non-hydrogen) atoms. The van der Waals surface area contributed by atoms with Gasteiger partial charge in [-0.3, -0.25) is 0 Å². The second-order valence-corrected chi connectivity index (χ2v) is 4.70. The highest BCUT2D eigenvalue weighted by Gasteiger charge is 2.13. The van der Waals surface area contributed by atoms with Gasteiger partial charge in [-0.1, -0.05) is 13.0 Å². The SMILES string of the molecule is COC(C)CNC(=O)NCC(C)c1ccc(F)cc1F. The van der Waals surface area contributed by atoms with E-state index in [0.29, 0.717) is 12.1 Å². The number of carbonyl (C=O) groups excluding carboxylic acids is 1. The summed E-state index contributed by atoms with van der Waals surface area (Å²) in [5.74, 6) is -1.47. The van der Waals surface area contributed by atoms with Gasteiger partial charge in [-0.25, -0.2) is 13.6 Å². The first-order valence-electron chi connectivity index (χ1n) is 6.43. The monoisotopic (exact) mass is 286 g/mol. The third-order valence-corrected chi connectivity index (χ3v) is 3.01. The Morgan fingerprint density at radius 2 is 1.90 bits per heavy atom. The number of rotatable bonds is 6. The third-order valence-electron chi connectivity index (χ3n) is 3.01. The maximum Gasteiger partial charge on any atom is 0.314 e. The molecule has 1 aromatic rings. The summed E-state index contributed by atoms with van der Waals surface area (Å²) < 4.78 is 31.3. The molecule has 1 aromatic carbocycles. The van der Waals surface area contributed by atoms with Crippen LogP contribution in [-0.2, 0) is 4.74 Å². The van der Waals surface area contributed by atoms with Crippen LogP contribution in [0.3, 0.4) is 0 Å². The van der Waals surface area contributed by atoms with E-state index in [1.807, 2.05) is 6.92 Å². The lowest BCUT2D eigenvalue weighted by Crippen LogP contribution is -2.40. The second kappa shape index (κ2) is 7.79. The van der Waals surface area contributed by atoms with Crippen molar-refractivity contribution in [3.05, 3.63) is 35.4 Å². The fraction of sp³-hybridized carbons (Fsp3) is 0.500. The largest absolute Gasteiger partial charge is 0.380 e. The molecule has 0 aromatic heterocycles. The molecule has 0 aliphatic carbocycles. The minimum Gasteiger partial charge on any atom is -0.380 e. The molecule has 2 atom stereocenters. The van der Waals surface area contributed by atoms with E-state index in [-0.39, 0.29) is 24.6 Å². The van der Waals surface area contributed by atoms with Crippen molar-refractivity contribution in [2.45, 2.75) is 25.9 Å². The van der Waals surface area contributed by atoms with Crippen molar-refractivity contribution in [3.8, 4) is 0 Å². The normalized spacial score (nSPS) is 13.7. The van der Waals surface area contributed by atoms with Gasteiger partial charge in [-0.05, 0) is 18.6 Å². The summed E-state index contributed by atoms with van der Waals surface area (Å²) in [6.45, 7) is 4.24. The Hall–Kier alpha value is -1.69. The first-order chi connectivity index (χ1) is 9.43. The van der Waals surface area contributed by atoms with Gasteiger partial charge in [-0.15, -0.1) is 0 Å². The zero-order chi connectivity index (χ0) is 15.1. The highest BCUT2D eigenvalue weighted by molar-refractivity contribution is 5.73. The highest BCUT2D eigenvalue weighted by atomic mass is 19.1. The molecule has 0 saturated carbocycles. The van der Waals surface area contributed by atoms with E-state index in [1.165, 1.54) is 12.1 Å².